The van der Waals surface area contributed by atoms with Gasteiger partial charge in [0.2, 0.25) is 0 Å². The van der Waals surface area contributed by atoms with E-state index < -0.39 is 0 Å². The highest BCUT2D eigenvalue weighted by Crippen LogP contribution is 2.19. The number of carbonyl (C=O) groups excluding carboxylic acids is 1. The lowest BCUT2D eigenvalue weighted by Gasteiger charge is -2.09. The van der Waals surface area contributed by atoms with Crippen LogP contribution in [0.5, 0.6) is 0 Å². The first-order valence-electron chi connectivity index (χ1n) is 6.11. The summed E-state index contributed by atoms with van der Waals surface area (Å²) in [5.74, 6) is 6.57. The summed E-state index contributed by atoms with van der Waals surface area (Å²) in [6.45, 7) is 0. The van der Waals surface area contributed by atoms with Gasteiger partial charge < -0.3 is 0 Å². The Kier molecular flexibility index (Phi) is 4.16. The fraction of sp³-hybridized carbons (Fsp3) is 0.312. The van der Waals surface area contributed by atoms with Crippen molar-refractivity contribution in [3.8, 4) is 11.8 Å². The third kappa shape index (κ3) is 3.92. The van der Waals surface area contributed by atoms with Crippen molar-refractivity contribution >= 4 is 5.78 Å². The minimum atomic E-state index is 0.280. The van der Waals surface area contributed by atoms with Gasteiger partial charge in [-0.3, -0.25) is 4.79 Å². The predicted molar refractivity (Wildman–Crippen MR) is 69.5 cm³/mol. The lowest BCUT2D eigenvalue weighted by atomic mass is 9.95. The molecule has 0 fully saturated rings. The number of hydrogen-bond donors (Lipinski definition) is 0. The monoisotopic (exact) mass is 224 g/mol. The van der Waals surface area contributed by atoms with Gasteiger partial charge in [0.25, 0.3) is 0 Å². The minimum Gasteiger partial charge on any atom is -0.295 e. The van der Waals surface area contributed by atoms with Crippen molar-refractivity contribution in [2.45, 2.75) is 32.1 Å². The maximum absolute atomic E-state index is 11.2. The second kappa shape index (κ2) is 6.06. The Morgan fingerprint density at radius 2 is 1.94 bits per heavy atom. The average Bonchev–Trinajstić information content (AvgIpc) is 2.36. The van der Waals surface area contributed by atoms with Crippen molar-refractivity contribution in [1.29, 1.82) is 0 Å². The number of ketones is 1. The Labute approximate surface area is 103 Å². The Hall–Kier alpha value is -1.81. The van der Waals surface area contributed by atoms with Gasteiger partial charge in [0.1, 0.15) is 0 Å². The van der Waals surface area contributed by atoms with Gasteiger partial charge >= 0.3 is 0 Å². The first-order chi connectivity index (χ1) is 8.34. The van der Waals surface area contributed by atoms with Crippen LogP contribution in [0.25, 0.3) is 0 Å². The molecule has 0 radical (unpaired) electrons. The van der Waals surface area contributed by atoms with Gasteiger partial charge in [0.15, 0.2) is 5.78 Å². The van der Waals surface area contributed by atoms with E-state index in [2.05, 4.69) is 11.8 Å². The third-order valence-corrected chi connectivity index (χ3v) is 2.86. The zero-order chi connectivity index (χ0) is 11.9. The second-order valence-electron chi connectivity index (χ2n) is 4.29. The van der Waals surface area contributed by atoms with Crippen molar-refractivity contribution in [2.24, 2.45) is 0 Å². The van der Waals surface area contributed by atoms with Gasteiger partial charge in [-0.25, -0.2) is 0 Å². The molecule has 0 aliphatic heterocycles. The summed E-state index contributed by atoms with van der Waals surface area (Å²) in [4.78, 5) is 11.2. The van der Waals surface area contributed by atoms with Crippen molar-refractivity contribution in [2.75, 3.05) is 0 Å². The van der Waals surface area contributed by atoms with Crippen molar-refractivity contribution in [1.82, 2.24) is 0 Å². The SMILES string of the molecule is O=C1C=C(CCC#Cc2ccccc2)CCC1. The topological polar surface area (TPSA) is 17.1 Å². The molecule has 0 spiro atoms. The van der Waals surface area contributed by atoms with Crippen LogP contribution in [0.3, 0.4) is 0 Å². The lowest BCUT2D eigenvalue weighted by Crippen LogP contribution is -2.02. The van der Waals surface area contributed by atoms with E-state index in [4.69, 9.17) is 0 Å². The van der Waals surface area contributed by atoms with Gasteiger partial charge in [-0.05, 0) is 37.5 Å². The summed E-state index contributed by atoms with van der Waals surface area (Å²) >= 11 is 0. The molecule has 2 rings (SSSR count). The number of carbonyl (C=O) groups is 1. The van der Waals surface area contributed by atoms with Crippen LogP contribution < -0.4 is 0 Å². The van der Waals surface area contributed by atoms with E-state index in [9.17, 15) is 4.79 Å². The van der Waals surface area contributed by atoms with Crippen molar-refractivity contribution < 1.29 is 4.79 Å². The van der Waals surface area contributed by atoms with Crippen LogP contribution in [-0.2, 0) is 4.79 Å². The third-order valence-electron chi connectivity index (χ3n) is 2.86. The predicted octanol–water partition coefficient (Wildman–Crippen LogP) is 3.50. The highest BCUT2D eigenvalue weighted by atomic mass is 16.1. The van der Waals surface area contributed by atoms with Crippen molar-refractivity contribution in [3.05, 3.63) is 47.5 Å². The number of rotatable bonds is 2. The Balaban J connectivity index is 1.84. The highest BCUT2D eigenvalue weighted by Gasteiger charge is 2.08. The zero-order valence-corrected chi connectivity index (χ0v) is 9.91. The van der Waals surface area contributed by atoms with Gasteiger partial charge in [0, 0.05) is 18.4 Å². The van der Waals surface area contributed by atoms with Gasteiger partial charge in [-0.2, -0.15) is 0 Å². The van der Waals surface area contributed by atoms with E-state index in [1.807, 2.05) is 36.4 Å². The molecule has 0 saturated carbocycles. The first-order valence-corrected chi connectivity index (χ1v) is 6.11. The first kappa shape index (κ1) is 11.7. The molecule has 0 N–H and O–H groups in total. The minimum absolute atomic E-state index is 0.280. The molecule has 0 bridgehead atoms. The largest absolute Gasteiger partial charge is 0.295 e. The van der Waals surface area contributed by atoms with Crippen molar-refractivity contribution in [3.63, 3.8) is 0 Å². The summed E-state index contributed by atoms with van der Waals surface area (Å²) < 4.78 is 0. The molecule has 0 heterocycles. The van der Waals surface area contributed by atoms with Gasteiger partial charge in [-0.15, -0.1) is 0 Å². The fourth-order valence-electron chi connectivity index (χ4n) is 1.97. The summed E-state index contributed by atoms with van der Waals surface area (Å²) in [7, 11) is 0. The molecule has 1 aliphatic carbocycles. The number of allylic oxidation sites excluding steroid dienone is 2. The molecular formula is C16H16O. The molecule has 0 amide bonds. The smallest absolute Gasteiger partial charge is 0.155 e. The standard InChI is InChI=1S/C16H16O/c17-16-12-6-11-15(13-16)10-5-4-9-14-7-2-1-3-8-14/h1-3,7-8,13H,5-6,10-12H2. The van der Waals surface area contributed by atoms with Crippen LogP contribution in [0.2, 0.25) is 0 Å². The van der Waals surface area contributed by atoms with E-state index in [1.165, 1.54) is 5.57 Å². The molecule has 0 unspecified atom stereocenters. The maximum atomic E-state index is 11.2. The van der Waals surface area contributed by atoms with Crippen LogP contribution in [-0.4, -0.2) is 5.78 Å². The Morgan fingerprint density at radius 1 is 1.12 bits per heavy atom. The van der Waals surface area contributed by atoms with Crippen LogP contribution in [0.4, 0.5) is 0 Å². The fourth-order valence-corrected chi connectivity index (χ4v) is 1.97. The summed E-state index contributed by atoms with van der Waals surface area (Å²) in [5.41, 5.74) is 2.32. The van der Waals surface area contributed by atoms with Crippen LogP contribution in [0.1, 0.15) is 37.7 Å². The highest BCUT2D eigenvalue weighted by molar-refractivity contribution is 5.91. The molecule has 17 heavy (non-hydrogen) atoms. The summed E-state index contributed by atoms with van der Waals surface area (Å²) in [6.07, 6.45) is 6.39. The molecule has 86 valence electrons. The Morgan fingerprint density at radius 3 is 2.71 bits per heavy atom. The molecule has 1 nitrogen and oxygen atoms in total. The van der Waals surface area contributed by atoms with E-state index in [0.717, 1.165) is 37.7 Å². The second-order valence-corrected chi connectivity index (χ2v) is 4.29. The van der Waals surface area contributed by atoms with E-state index in [1.54, 1.807) is 0 Å². The zero-order valence-electron chi connectivity index (χ0n) is 9.91. The number of benzene rings is 1. The van der Waals surface area contributed by atoms with E-state index in [-0.39, 0.29) is 5.78 Å². The average molecular weight is 224 g/mol. The quantitative estimate of drug-likeness (QED) is 0.703. The summed E-state index contributed by atoms with van der Waals surface area (Å²) in [6, 6.07) is 10.00. The van der Waals surface area contributed by atoms with Gasteiger partial charge in [0.05, 0.1) is 0 Å². The Bertz CT molecular complexity index is 471. The molecule has 1 aromatic carbocycles. The maximum Gasteiger partial charge on any atom is 0.155 e. The number of hydrogen-bond acceptors (Lipinski definition) is 1. The lowest BCUT2D eigenvalue weighted by molar-refractivity contribution is -0.115. The molecule has 0 aromatic heterocycles. The van der Waals surface area contributed by atoms with Crippen LogP contribution in [0.15, 0.2) is 42.0 Å². The van der Waals surface area contributed by atoms with E-state index >= 15 is 0 Å². The molecule has 1 heteroatoms. The van der Waals surface area contributed by atoms with Crippen LogP contribution in [0, 0.1) is 11.8 Å². The van der Waals surface area contributed by atoms with E-state index in [0.29, 0.717) is 0 Å². The molecule has 0 atom stereocenters. The molecule has 1 aromatic rings. The molecular weight excluding hydrogens is 208 g/mol. The normalized spacial score (nSPS) is 14.8. The molecule has 1 aliphatic rings. The van der Waals surface area contributed by atoms with Gasteiger partial charge in [-0.1, -0.05) is 35.6 Å². The van der Waals surface area contributed by atoms with Crippen LogP contribution >= 0.6 is 0 Å². The summed E-state index contributed by atoms with van der Waals surface area (Å²) in [5, 5.41) is 0. The molecule has 0 saturated heterocycles.